The number of amides is 1. The fraction of sp³-hybridized carbons (Fsp3) is 0.160. The summed E-state index contributed by atoms with van der Waals surface area (Å²) in [6.45, 7) is -0.444. The van der Waals surface area contributed by atoms with E-state index >= 15 is 0 Å². The number of rotatable bonds is 9. The van der Waals surface area contributed by atoms with Crippen LogP contribution in [-0.4, -0.2) is 37.7 Å². The molecule has 34 heavy (non-hydrogen) atoms. The van der Waals surface area contributed by atoms with E-state index in [2.05, 4.69) is 10.3 Å². The molecule has 0 fully saturated rings. The van der Waals surface area contributed by atoms with Crippen molar-refractivity contribution >= 4 is 40.4 Å². The van der Waals surface area contributed by atoms with Gasteiger partial charge in [0.2, 0.25) is 0 Å². The molecule has 0 spiro atoms. The Morgan fingerprint density at radius 2 is 1.79 bits per heavy atom. The lowest BCUT2D eigenvalue weighted by atomic mass is 10.1. The van der Waals surface area contributed by atoms with Crippen LogP contribution in [0.1, 0.15) is 15.9 Å². The molecule has 1 N–H and O–H groups in total. The molecule has 0 saturated carbocycles. The highest BCUT2D eigenvalue weighted by molar-refractivity contribution is 7.98. The number of carbonyl (C=O) groups is 2. The number of benzene rings is 3. The Bertz CT molecular complexity index is 1290. The van der Waals surface area contributed by atoms with Crippen LogP contribution in [0.4, 0.5) is 5.69 Å². The molecule has 0 unspecified atom stereocenters. The van der Waals surface area contributed by atoms with Crippen molar-refractivity contribution in [2.45, 2.75) is 11.0 Å². The lowest BCUT2D eigenvalue weighted by Crippen LogP contribution is -2.21. The van der Waals surface area contributed by atoms with E-state index in [4.69, 9.17) is 18.6 Å². The number of carbonyl (C=O) groups excluding carboxylic acids is 2. The first-order valence-corrected chi connectivity index (χ1v) is 11.3. The average molecular weight is 479 g/mol. The molecule has 1 aromatic heterocycles. The maximum atomic E-state index is 12.7. The van der Waals surface area contributed by atoms with Gasteiger partial charge >= 0.3 is 5.97 Å². The van der Waals surface area contributed by atoms with Gasteiger partial charge in [-0.1, -0.05) is 42.1 Å². The van der Waals surface area contributed by atoms with E-state index in [0.29, 0.717) is 39.3 Å². The van der Waals surface area contributed by atoms with Crippen LogP contribution in [0.5, 0.6) is 11.5 Å². The predicted molar refractivity (Wildman–Crippen MR) is 128 cm³/mol. The van der Waals surface area contributed by atoms with Crippen molar-refractivity contribution in [1.29, 1.82) is 0 Å². The van der Waals surface area contributed by atoms with Crippen LogP contribution in [0.15, 0.2) is 76.4 Å². The Kier molecular flexibility index (Phi) is 7.34. The zero-order valence-corrected chi connectivity index (χ0v) is 19.4. The fourth-order valence-corrected chi connectivity index (χ4v) is 4.04. The number of hydrogen-bond acceptors (Lipinski definition) is 8. The molecule has 0 bridgehead atoms. The summed E-state index contributed by atoms with van der Waals surface area (Å²) in [5.41, 5.74) is 3.05. The van der Waals surface area contributed by atoms with Crippen LogP contribution in [0.2, 0.25) is 0 Å². The van der Waals surface area contributed by atoms with Crippen LogP contribution >= 0.6 is 11.8 Å². The van der Waals surface area contributed by atoms with Gasteiger partial charge in [0.25, 0.3) is 11.1 Å². The van der Waals surface area contributed by atoms with E-state index in [1.54, 1.807) is 30.3 Å². The van der Waals surface area contributed by atoms with Crippen molar-refractivity contribution in [3.63, 3.8) is 0 Å². The minimum Gasteiger partial charge on any atom is -0.497 e. The van der Waals surface area contributed by atoms with E-state index in [9.17, 15) is 9.59 Å². The van der Waals surface area contributed by atoms with Gasteiger partial charge in [-0.3, -0.25) is 4.79 Å². The van der Waals surface area contributed by atoms with Crippen molar-refractivity contribution in [2.24, 2.45) is 0 Å². The number of para-hydroxylation sites is 2. The largest absolute Gasteiger partial charge is 0.497 e. The lowest BCUT2D eigenvalue weighted by molar-refractivity contribution is -0.119. The predicted octanol–water partition coefficient (Wildman–Crippen LogP) is 4.93. The minimum absolute atomic E-state index is 0.376. The Morgan fingerprint density at radius 1 is 1.00 bits per heavy atom. The lowest BCUT2D eigenvalue weighted by Gasteiger charge is -2.12. The summed E-state index contributed by atoms with van der Waals surface area (Å²) < 4.78 is 21.4. The van der Waals surface area contributed by atoms with E-state index in [1.165, 1.54) is 26.0 Å². The molecule has 0 aliphatic heterocycles. The summed E-state index contributed by atoms with van der Waals surface area (Å²) >= 11 is 1.38. The maximum absolute atomic E-state index is 12.7. The number of aromatic nitrogens is 1. The third-order valence-electron chi connectivity index (χ3n) is 4.88. The molecule has 8 nitrogen and oxygen atoms in total. The summed E-state index contributed by atoms with van der Waals surface area (Å²) in [4.78, 5) is 29.5. The van der Waals surface area contributed by atoms with Crippen molar-refractivity contribution < 1.29 is 28.2 Å². The molecule has 0 saturated heterocycles. The van der Waals surface area contributed by atoms with Crippen LogP contribution in [-0.2, 0) is 15.3 Å². The van der Waals surface area contributed by atoms with Crippen molar-refractivity contribution in [2.75, 3.05) is 26.1 Å². The molecule has 9 heteroatoms. The summed E-state index contributed by atoms with van der Waals surface area (Å²) in [6.07, 6.45) is 0. The molecule has 4 rings (SSSR count). The van der Waals surface area contributed by atoms with Gasteiger partial charge in [-0.05, 0) is 35.9 Å². The van der Waals surface area contributed by atoms with Gasteiger partial charge < -0.3 is 23.9 Å². The zero-order valence-electron chi connectivity index (χ0n) is 18.6. The quantitative estimate of drug-likeness (QED) is 0.267. The first-order valence-electron chi connectivity index (χ1n) is 10.3. The first-order chi connectivity index (χ1) is 16.6. The molecule has 1 heterocycles. The topological polar surface area (TPSA) is 99.9 Å². The third-order valence-corrected chi connectivity index (χ3v) is 5.76. The highest BCUT2D eigenvalue weighted by atomic mass is 32.2. The van der Waals surface area contributed by atoms with E-state index < -0.39 is 18.5 Å². The number of nitrogens with one attached hydrogen (secondary N) is 1. The summed E-state index contributed by atoms with van der Waals surface area (Å²) in [5, 5.41) is 3.18. The highest BCUT2D eigenvalue weighted by Crippen LogP contribution is 2.29. The Morgan fingerprint density at radius 3 is 2.59 bits per heavy atom. The number of fused-ring (bicyclic) bond motifs is 1. The second-order valence-electron chi connectivity index (χ2n) is 7.08. The third kappa shape index (κ3) is 5.49. The molecular weight excluding hydrogens is 456 g/mol. The number of nitrogens with zero attached hydrogens (tertiary/aromatic N) is 1. The Hall–Kier alpha value is -3.98. The van der Waals surface area contributed by atoms with Crippen LogP contribution in [0.3, 0.4) is 0 Å². The zero-order chi connectivity index (χ0) is 23.9. The van der Waals surface area contributed by atoms with Gasteiger partial charge in [0.1, 0.15) is 17.0 Å². The van der Waals surface area contributed by atoms with Crippen LogP contribution in [0, 0.1) is 0 Å². The second-order valence-corrected chi connectivity index (χ2v) is 8.01. The molecule has 0 aliphatic carbocycles. The van der Waals surface area contributed by atoms with Crippen molar-refractivity contribution in [3.05, 3.63) is 77.9 Å². The van der Waals surface area contributed by atoms with Crippen molar-refractivity contribution in [3.8, 4) is 11.5 Å². The molecular formula is C25H22N2O6S. The van der Waals surface area contributed by atoms with Crippen LogP contribution < -0.4 is 14.8 Å². The summed E-state index contributed by atoms with van der Waals surface area (Å²) in [7, 11) is 3.02. The molecule has 174 valence electrons. The van der Waals surface area contributed by atoms with Crippen LogP contribution in [0.25, 0.3) is 11.1 Å². The van der Waals surface area contributed by atoms with Gasteiger partial charge in [0, 0.05) is 11.8 Å². The molecule has 1 amide bonds. The van der Waals surface area contributed by atoms with E-state index in [-0.39, 0.29) is 0 Å². The summed E-state index contributed by atoms with van der Waals surface area (Å²) in [6, 6.07) is 19.6. The highest BCUT2D eigenvalue weighted by Gasteiger charge is 2.16. The summed E-state index contributed by atoms with van der Waals surface area (Å²) in [5.74, 6) is 0.391. The molecule has 0 radical (unpaired) electrons. The average Bonchev–Trinajstić information content (AvgIpc) is 3.29. The second kappa shape index (κ2) is 10.8. The molecule has 4 aromatic rings. The molecule has 0 atom stereocenters. The van der Waals surface area contributed by atoms with Gasteiger partial charge in [0.15, 0.2) is 12.2 Å². The maximum Gasteiger partial charge on any atom is 0.338 e. The first kappa shape index (κ1) is 23.2. The number of esters is 1. The number of ether oxygens (including phenoxy) is 3. The standard InChI is InChI=1S/C25H22N2O6S/c1-30-17-11-12-20(22(13-17)31-2)26-23(28)14-32-24(29)18-8-4-3-7-16(18)15-34-25-27-19-9-5-6-10-21(19)33-25/h3-13H,14-15H2,1-2H3,(H,26,28). The number of oxazole rings is 1. The van der Waals surface area contributed by atoms with Gasteiger partial charge in [-0.2, -0.15) is 0 Å². The van der Waals surface area contributed by atoms with Gasteiger partial charge in [-0.15, -0.1) is 0 Å². The normalized spacial score (nSPS) is 10.6. The van der Waals surface area contributed by atoms with E-state index in [0.717, 1.165) is 11.1 Å². The van der Waals surface area contributed by atoms with Crippen molar-refractivity contribution in [1.82, 2.24) is 4.98 Å². The molecule has 0 aliphatic rings. The van der Waals surface area contributed by atoms with Gasteiger partial charge in [0.05, 0.1) is 25.5 Å². The monoisotopic (exact) mass is 478 g/mol. The fourth-order valence-electron chi connectivity index (χ4n) is 3.19. The van der Waals surface area contributed by atoms with Gasteiger partial charge in [-0.25, -0.2) is 9.78 Å². The number of anilines is 1. The number of thioether (sulfide) groups is 1. The smallest absolute Gasteiger partial charge is 0.338 e. The minimum atomic E-state index is -0.592. The Labute approximate surface area is 200 Å². The Balaban J connectivity index is 1.36. The molecule has 3 aromatic carbocycles. The SMILES string of the molecule is COc1ccc(NC(=O)COC(=O)c2ccccc2CSc2nc3ccccc3o2)c(OC)c1. The number of methoxy groups -OCH3 is 2. The van der Waals surface area contributed by atoms with E-state index in [1.807, 2.05) is 36.4 Å². The number of hydrogen-bond donors (Lipinski definition) is 1.